The minimum absolute atomic E-state index is 0.0318. The number of hydrazone groups is 1. The fourth-order valence-corrected chi connectivity index (χ4v) is 2.66. The highest BCUT2D eigenvalue weighted by Crippen LogP contribution is 2.37. The van der Waals surface area contributed by atoms with Crippen molar-refractivity contribution in [2.45, 2.75) is 0 Å². The van der Waals surface area contributed by atoms with E-state index in [0.29, 0.717) is 10.0 Å². The summed E-state index contributed by atoms with van der Waals surface area (Å²) in [5.41, 5.74) is 4.42. The van der Waals surface area contributed by atoms with Crippen LogP contribution in [0.15, 0.2) is 59.7 Å². The van der Waals surface area contributed by atoms with Gasteiger partial charge in [-0.2, -0.15) is 10.1 Å². The van der Waals surface area contributed by atoms with Gasteiger partial charge in [0, 0.05) is 0 Å². The number of nitrogens with zero attached hydrogens (tertiary/aromatic N) is 2. The largest absolute Gasteiger partial charge is 0.492 e. The molecule has 0 aliphatic heterocycles. The first-order valence-electron chi connectivity index (χ1n) is 6.52. The second-order valence-electron chi connectivity index (χ2n) is 4.46. The van der Waals surface area contributed by atoms with Gasteiger partial charge in [0.2, 0.25) is 11.0 Å². The molecule has 3 rings (SSSR count). The van der Waals surface area contributed by atoms with E-state index in [1.807, 2.05) is 30.3 Å². The van der Waals surface area contributed by atoms with E-state index in [4.69, 9.17) is 0 Å². The number of benzene rings is 2. The highest BCUT2D eigenvalue weighted by molar-refractivity contribution is 7.19. The molecule has 0 amide bonds. The lowest BCUT2D eigenvalue weighted by atomic mass is 10.2. The predicted molar refractivity (Wildman–Crippen MR) is 86.8 cm³/mol. The second-order valence-corrected chi connectivity index (χ2v) is 5.46. The normalized spacial score (nSPS) is 11.0. The number of nitrogens with one attached hydrogen (secondary N) is 1. The molecule has 0 aliphatic carbocycles. The molecule has 0 radical (unpaired) electrons. The van der Waals surface area contributed by atoms with Crippen molar-refractivity contribution >= 4 is 22.7 Å². The number of hydrogen-bond acceptors (Lipinski definition) is 5. The summed E-state index contributed by atoms with van der Waals surface area (Å²) in [4.78, 5) is 4.70. The Balaban J connectivity index is 1.73. The summed E-state index contributed by atoms with van der Waals surface area (Å²) in [5, 5.41) is 14.4. The molecule has 4 nitrogen and oxygen atoms in total. The molecule has 2 N–H and O–H groups in total. The molecule has 1 heterocycles. The quantitative estimate of drug-likeness (QED) is 0.563. The molecular formula is C16H12FN3OS. The van der Waals surface area contributed by atoms with Crippen LogP contribution in [-0.2, 0) is 0 Å². The van der Waals surface area contributed by atoms with Crippen molar-refractivity contribution < 1.29 is 9.50 Å². The Bertz CT molecular complexity index is 785. The Morgan fingerprint density at radius 1 is 1.09 bits per heavy atom. The molecular weight excluding hydrogens is 301 g/mol. The molecule has 3 aromatic rings. The van der Waals surface area contributed by atoms with Crippen molar-refractivity contribution in [3.8, 4) is 16.3 Å². The van der Waals surface area contributed by atoms with Gasteiger partial charge in [-0.3, -0.25) is 5.43 Å². The van der Waals surface area contributed by atoms with E-state index >= 15 is 0 Å². The molecule has 0 saturated carbocycles. The number of rotatable bonds is 4. The molecule has 0 fully saturated rings. The van der Waals surface area contributed by atoms with Gasteiger partial charge in [0.05, 0.1) is 11.1 Å². The lowest BCUT2D eigenvalue weighted by molar-refractivity contribution is 0.459. The van der Waals surface area contributed by atoms with Gasteiger partial charge in [-0.15, -0.1) is 0 Å². The fraction of sp³-hybridized carbons (Fsp3) is 0. The van der Waals surface area contributed by atoms with E-state index in [-0.39, 0.29) is 11.7 Å². The molecule has 0 spiro atoms. The molecule has 0 aliphatic rings. The van der Waals surface area contributed by atoms with Crippen molar-refractivity contribution in [1.82, 2.24) is 4.98 Å². The van der Waals surface area contributed by atoms with Crippen molar-refractivity contribution in [2.24, 2.45) is 5.10 Å². The molecule has 22 heavy (non-hydrogen) atoms. The number of halogens is 1. The number of anilines is 1. The summed E-state index contributed by atoms with van der Waals surface area (Å²) in [7, 11) is 0. The maximum atomic E-state index is 12.8. The molecule has 110 valence electrons. The lowest BCUT2D eigenvalue weighted by Crippen LogP contribution is -1.89. The Morgan fingerprint density at radius 2 is 1.82 bits per heavy atom. The van der Waals surface area contributed by atoms with Gasteiger partial charge < -0.3 is 5.11 Å². The van der Waals surface area contributed by atoms with Gasteiger partial charge in [0.25, 0.3) is 0 Å². The molecule has 6 heteroatoms. The summed E-state index contributed by atoms with van der Waals surface area (Å²) >= 11 is 1.30. The lowest BCUT2D eigenvalue weighted by Gasteiger charge is -1.95. The maximum absolute atomic E-state index is 12.8. The first-order valence-corrected chi connectivity index (χ1v) is 7.34. The van der Waals surface area contributed by atoms with Crippen molar-refractivity contribution in [3.05, 3.63) is 66.0 Å². The van der Waals surface area contributed by atoms with Crippen molar-refractivity contribution in [3.63, 3.8) is 0 Å². The van der Waals surface area contributed by atoms with E-state index in [0.717, 1.165) is 11.1 Å². The SMILES string of the molecule is Oc1nc(N/N=C/c2ccc(F)cc2)sc1-c1ccccc1. The molecule has 1 aromatic heterocycles. The van der Waals surface area contributed by atoms with Crippen LogP contribution >= 0.6 is 11.3 Å². The average Bonchev–Trinajstić information content (AvgIpc) is 2.91. The molecule has 0 bridgehead atoms. The van der Waals surface area contributed by atoms with Gasteiger partial charge >= 0.3 is 0 Å². The summed E-state index contributed by atoms with van der Waals surface area (Å²) in [5.74, 6) is -0.321. The zero-order valence-corrected chi connectivity index (χ0v) is 12.2. The third kappa shape index (κ3) is 3.29. The smallest absolute Gasteiger partial charge is 0.232 e. The molecule has 0 atom stereocenters. The summed E-state index contributed by atoms with van der Waals surface area (Å²) < 4.78 is 12.8. The highest BCUT2D eigenvalue weighted by Gasteiger charge is 2.11. The first-order chi connectivity index (χ1) is 10.7. The van der Waals surface area contributed by atoms with Gasteiger partial charge in [-0.25, -0.2) is 4.39 Å². The topological polar surface area (TPSA) is 57.5 Å². The minimum atomic E-state index is -0.289. The monoisotopic (exact) mass is 313 g/mol. The summed E-state index contributed by atoms with van der Waals surface area (Å²) in [6.07, 6.45) is 1.56. The summed E-state index contributed by atoms with van der Waals surface area (Å²) in [6.45, 7) is 0. The molecule has 2 aromatic carbocycles. The highest BCUT2D eigenvalue weighted by atomic mass is 32.1. The van der Waals surface area contributed by atoms with Crippen LogP contribution in [-0.4, -0.2) is 16.3 Å². The standard InChI is InChI=1S/C16H12FN3OS/c17-13-8-6-11(7-9-13)10-18-20-16-19-15(21)14(22-16)12-4-2-1-3-5-12/h1-10,21H,(H,19,20)/b18-10+. The Kier molecular flexibility index (Phi) is 4.11. The zero-order chi connectivity index (χ0) is 15.4. The van der Waals surface area contributed by atoms with E-state index in [2.05, 4.69) is 15.5 Å². The number of aromatic hydroxyl groups is 1. The van der Waals surface area contributed by atoms with E-state index in [1.165, 1.54) is 23.5 Å². The van der Waals surface area contributed by atoms with Gasteiger partial charge in [-0.05, 0) is 23.3 Å². The number of thiazole rings is 1. The molecule has 0 saturated heterocycles. The molecule has 0 unspecified atom stereocenters. The summed E-state index contributed by atoms with van der Waals surface area (Å²) in [6, 6.07) is 15.5. The van der Waals surface area contributed by atoms with Gasteiger partial charge in [0.1, 0.15) is 5.82 Å². The maximum Gasteiger partial charge on any atom is 0.232 e. The van der Waals surface area contributed by atoms with Crippen LogP contribution in [0.4, 0.5) is 9.52 Å². The number of hydrogen-bond donors (Lipinski definition) is 2. The van der Waals surface area contributed by atoms with Crippen LogP contribution in [0.2, 0.25) is 0 Å². The Morgan fingerprint density at radius 3 is 2.55 bits per heavy atom. The predicted octanol–water partition coefficient (Wildman–Crippen LogP) is 4.10. The van der Waals surface area contributed by atoms with Gasteiger partial charge in [0.15, 0.2) is 0 Å². The third-order valence-corrected chi connectivity index (χ3v) is 3.89. The van der Waals surface area contributed by atoms with Crippen LogP contribution in [0.5, 0.6) is 5.88 Å². The van der Waals surface area contributed by atoms with Crippen molar-refractivity contribution in [1.29, 1.82) is 0 Å². The number of aromatic nitrogens is 1. The Labute approximate surface area is 130 Å². The van der Waals surface area contributed by atoms with Crippen LogP contribution in [0.1, 0.15) is 5.56 Å². The van der Waals surface area contributed by atoms with E-state index < -0.39 is 0 Å². The zero-order valence-electron chi connectivity index (χ0n) is 11.4. The first kappa shape index (κ1) is 14.2. The van der Waals surface area contributed by atoms with Crippen LogP contribution in [0, 0.1) is 5.82 Å². The second kappa shape index (κ2) is 6.36. The van der Waals surface area contributed by atoms with Crippen LogP contribution in [0.25, 0.3) is 10.4 Å². The van der Waals surface area contributed by atoms with Crippen molar-refractivity contribution in [2.75, 3.05) is 5.43 Å². The minimum Gasteiger partial charge on any atom is -0.492 e. The van der Waals surface area contributed by atoms with Crippen LogP contribution < -0.4 is 5.43 Å². The van der Waals surface area contributed by atoms with Gasteiger partial charge in [-0.1, -0.05) is 53.8 Å². The Hall–Kier alpha value is -2.73. The third-order valence-electron chi connectivity index (χ3n) is 2.89. The van der Waals surface area contributed by atoms with Crippen LogP contribution in [0.3, 0.4) is 0 Å². The average molecular weight is 313 g/mol. The fourth-order valence-electron chi connectivity index (χ4n) is 1.85. The van der Waals surface area contributed by atoms with E-state index in [9.17, 15) is 9.50 Å². The van der Waals surface area contributed by atoms with E-state index in [1.54, 1.807) is 18.3 Å².